The first-order valence-corrected chi connectivity index (χ1v) is 10.1. The monoisotopic (exact) mass is 386 g/mol. The molecule has 2 aliphatic rings. The largest absolute Gasteiger partial charge is 0.372 e. The van der Waals surface area contributed by atoms with Crippen LogP contribution in [0.15, 0.2) is 24.3 Å². The van der Waals surface area contributed by atoms with E-state index in [2.05, 4.69) is 24.1 Å². The fourth-order valence-electron chi connectivity index (χ4n) is 3.81. The van der Waals surface area contributed by atoms with Crippen LogP contribution >= 0.6 is 0 Å². The summed E-state index contributed by atoms with van der Waals surface area (Å²) < 4.78 is 0. The second-order valence-electron chi connectivity index (χ2n) is 7.49. The fraction of sp³-hybridized carbons (Fsp3) is 0.571. The van der Waals surface area contributed by atoms with Crippen molar-refractivity contribution in [1.29, 1.82) is 0 Å². The lowest BCUT2D eigenvalue weighted by atomic mass is 10.2. The molecule has 3 rings (SSSR count). The van der Waals surface area contributed by atoms with Gasteiger partial charge in [-0.2, -0.15) is 0 Å². The van der Waals surface area contributed by atoms with Crippen molar-refractivity contribution in [3.8, 4) is 0 Å². The van der Waals surface area contributed by atoms with Crippen molar-refractivity contribution in [2.24, 2.45) is 11.8 Å². The van der Waals surface area contributed by atoms with E-state index in [0.717, 1.165) is 24.5 Å². The SMILES string of the molecule is CCN(CC)c1ccc(NC(=O)C2CC2C(=O)N2CCN(C(C)=O)CC2)cc1. The van der Waals surface area contributed by atoms with Gasteiger partial charge in [0, 0.05) is 57.6 Å². The summed E-state index contributed by atoms with van der Waals surface area (Å²) in [6, 6.07) is 7.83. The summed E-state index contributed by atoms with van der Waals surface area (Å²) in [5.41, 5.74) is 1.89. The number of anilines is 2. The Labute approximate surface area is 166 Å². The summed E-state index contributed by atoms with van der Waals surface area (Å²) in [7, 11) is 0. The molecule has 1 saturated heterocycles. The van der Waals surface area contributed by atoms with Crippen LogP contribution in [0.2, 0.25) is 0 Å². The number of rotatable bonds is 6. The molecule has 2 atom stereocenters. The van der Waals surface area contributed by atoms with Gasteiger partial charge in [-0.3, -0.25) is 14.4 Å². The molecule has 1 aliphatic heterocycles. The number of benzene rings is 1. The minimum absolute atomic E-state index is 0.0419. The highest BCUT2D eigenvalue weighted by Gasteiger charge is 2.49. The molecule has 1 aromatic rings. The van der Waals surface area contributed by atoms with E-state index in [0.29, 0.717) is 32.6 Å². The minimum Gasteiger partial charge on any atom is -0.372 e. The molecule has 1 heterocycles. The Morgan fingerprint density at radius 3 is 2.07 bits per heavy atom. The molecule has 0 aromatic heterocycles. The summed E-state index contributed by atoms with van der Waals surface area (Å²) in [5, 5.41) is 2.93. The molecule has 7 nitrogen and oxygen atoms in total. The number of piperazine rings is 1. The molecule has 152 valence electrons. The molecule has 0 bridgehead atoms. The highest BCUT2D eigenvalue weighted by atomic mass is 16.2. The van der Waals surface area contributed by atoms with Gasteiger partial charge in [-0.25, -0.2) is 0 Å². The molecular formula is C21H30N4O3. The van der Waals surface area contributed by atoms with Gasteiger partial charge in [-0.15, -0.1) is 0 Å². The molecule has 1 aliphatic carbocycles. The van der Waals surface area contributed by atoms with E-state index in [1.54, 1.807) is 16.7 Å². The van der Waals surface area contributed by atoms with E-state index < -0.39 is 0 Å². The van der Waals surface area contributed by atoms with E-state index >= 15 is 0 Å². The normalized spacial score (nSPS) is 21.2. The van der Waals surface area contributed by atoms with Crippen molar-refractivity contribution < 1.29 is 14.4 Å². The third kappa shape index (κ3) is 4.46. The van der Waals surface area contributed by atoms with Gasteiger partial charge < -0.3 is 20.0 Å². The van der Waals surface area contributed by atoms with Crippen molar-refractivity contribution in [3.05, 3.63) is 24.3 Å². The van der Waals surface area contributed by atoms with Crippen LogP contribution in [-0.2, 0) is 14.4 Å². The lowest BCUT2D eigenvalue weighted by Gasteiger charge is -2.34. The summed E-state index contributed by atoms with van der Waals surface area (Å²) in [6.45, 7) is 9.91. The van der Waals surface area contributed by atoms with Crippen molar-refractivity contribution in [1.82, 2.24) is 9.80 Å². The van der Waals surface area contributed by atoms with E-state index in [9.17, 15) is 14.4 Å². The predicted octanol–water partition coefficient (Wildman–Crippen LogP) is 1.80. The van der Waals surface area contributed by atoms with Crippen LogP contribution < -0.4 is 10.2 Å². The maximum Gasteiger partial charge on any atom is 0.228 e. The van der Waals surface area contributed by atoms with Crippen molar-refractivity contribution in [3.63, 3.8) is 0 Å². The topological polar surface area (TPSA) is 73.0 Å². The third-order valence-electron chi connectivity index (χ3n) is 5.74. The Morgan fingerprint density at radius 2 is 1.54 bits per heavy atom. The van der Waals surface area contributed by atoms with Gasteiger partial charge in [0.25, 0.3) is 0 Å². The van der Waals surface area contributed by atoms with Crippen LogP contribution in [0.1, 0.15) is 27.2 Å². The third-order valence-corrected chi connectivity index (χ3v) is 5.74. The number of nitrogens with zero attached hydrogens (tertiary/aromatic N) is 3. The Bertz CT molecular complexity index is 722. The average molecular weight is 386 g/mol. The van der Waals surface area contributed by atoms with Crippen LogP contribution in [-0.4, -0.2) is 66.8 Å². The molecule has 7 heteroatoms. The molecule has 3 amide bonds. The van der Waals surface area contributed by atoms with Gasteiger partial charge in [0.2, 0.25) is 17.7 Å². The van der Waals surface area contributed by atoms with Crippen LogP contribution in [0.4, 0.5) is 11.4 Å². The molecule has 0 spiro atoms. The maximum atomic E-state index is 12.6. The van der Waals surface area contributed by atoms with E-state index in [1.807, 2.05) is 24.3 Å². The number of hydrogen-bond acceptors (Lipinski definition) is 4. The summed E-state index contributed by atoms with van der Waals surface area (Å²) in [6.07, 6.45) is 0.606. The number of hydrogen-bond donors (Lipinski definition) is 1. The molecule has 2 fully saturated rings. The van der Waals surface area contributed by atoms with Gasteiger partial charge in [-0.05, 0) is 44.5 Å². The molecular weight excluding hydrogens is 356 g/mol. The standard InChI is InChI=1S/C21H30N4O3/c1-4-23(5-2)17-8-6-16(7-9-17)22-20(27)18-14-19(18)21(28)25-12-10-24(11-13-25)15(3)26/h6-9,18-19H,4-5,10-14H2,1-3H3,(H,22,27). The van der Waals surface area contributed by atoms with Crippen LogP contribution in [0.3, 0.4) is 0 Å². The lowest BCUT2D eigenvalue weighted by molar-refractivity contribution is -0.139. The van der Waals surface area contributed by atoms with Crippen LogP contribution in [0, 0.1) is 11.8 Å². The molecule has 0 radical (unpaired) electrons. The highest BCUT2D eigenvalue weighted by molar-refractivity contribution is 5.99. The van der Waals surface area contributed by atoms with E-state index in [-0.39, 0.29) is 29.6 Å². The number of amides is 3. The lowest BCUT2D eigenvalue weighted by Crippen LogP contribution is -2.50. The van der Waals surface area contributed by atoms with Crippen molar-refractivity contribution in [2.75, 3.05) is 49.5 Å². The maximum absolute atomic E-state index is 12.6. The predicted molar refractivity (Wildman–Crippen MR) is 109 cm³/mol. The second-order valence-corrected chi connectivity index (χ2v) is 7.49. The Balaban J connectivity index is 1.49. The fourth-order valence-corrected chi connectivity index (χ4v) is 3.81. The molecule has 1 N–H and O–H groups in total. The Kier molecular flexibility index (Phi) is 6.21. The number of carbonyl (C=O) groups excluding carboxylic acids is 3. The summed E-state index contributed by atoms with van der Waals surface area (Å²) >= 11 is 0. The zero-order valence-electron chi connectivity index (χ0n) is 17.0. The zero-order chi connectivity index (χ0) is 20.3. The Morgan fingerprint density at radius 1 is 0.964 bits per heavy atom. The number of nitrogens with one attached hydrogen (secondary N) is 1. The minimum atomic E-state index is -0.249. The molecule has 1 aromatic carbocycles. The first-order chi connectivity index (χ1) is 13.4. The van der Waals surface area contributed by atoms with Gasteiger partial charge in [0.15, 0.2) is 0 Å². The van der Waals surface area contributed by atoms with Crippen LogP contribution in [0.5, 0.6) is 0 Å². The highest BCUT2D eigenvalue weighted by Crippen LogP contribution is 2.41. The van der Waals surface area contributed by atoms with Gasteiger partial charge in [0.1, 0.15) is 0 Å². The smallest absolute Gasteiger partial charge is 0.228 e. The van der Waals surface area contributed by atoms with Crippen LogP contribution in [0.25, 0.3) is 0 Å². The van der Waals surface area contributed by atoms with Crippen molar-refractivity contribution in [2.45, 2.75) is 27.2 Å². The second kappa shape index (κ2) is 8.63. The molecule has 28 heavy (non-hydrogen) atoms. The van der Waals surface area contributed by atoms with E-state index in [1.165, 1.54) is 0 Å². The summed E-state index contributed by atoms with van der Waals surface area (Å²) in [5.74, 6) is -0.473. The van der Waals surface area contributed by atoms with Gasteiger partial charge >= 0.3 is 0 Å². The number of carbonyl (C=O) groups is 3. The molecule has 1 saturated carbocycles. The van der Waals surface area contributed by atoms with Gasteiger partial charge in [-0.1, -0.05) is 0 Å². The first-order valence-electron chi connectivity index (χ1n) is 10.1. The van der Waals surface area contributed by atoms with Crippen molar-refractivity contribution >= 4 is 29.1 Å². The quantitative estimate of drug-likeness (QED) is 0.809. The Hall–Kier alpha value is -2.57. The van der Waals surface area contributed by atoms with E-state index in [4.69, 9.17) is 0 Å². The zero-order valence-corrected chi connectivity index (χ0v) is 17.0. The first kappa shape index (κ1) is 20.2. The van der Waals surface area contributed by atoms with Gasteiger partial charge in [0.05, 0.1) is 11.8 Å². The molecule has 2 unspecified atom stereocenters. The average Bonchev–Trinajstić information content (AvgIpc) is 3.51. The summed E-state index contributed by atoms with van der Waals surface area (Å²) in [4.78, 5) is 42.3.